The Morgan fingerprint density at radius 2 is 2.00 bits per heavy atom. The molecule has 1 unspecified atom stereocenters. The first-order valence-electron chi connectivity index (χ1n) is 6.08. The molecule has 0 aromatic heterocycles. The number of nitrogens with zero attached hydrogens (tertiary/aromatic N) is 1. The highest BCUT2D eigenvalue weighted by molar-refractivity contribution is 7.89. The zero-order chi connectivity index (χ0) is 15.5. The molecule has 0 heterocycles. The second-order valence-electron chi connectivity index (χ2n) is 4.68. The van der Waals surface area contributed by atoms with Crippen molar-refractivity contribution in [2.75, 3.05) is 6.61 Å². The van der Waals surface area contributed by atoms with Gasteiger partial charge in [0.15, 0.2) is 0 Å². The van der Waals surface area contributed by atoms with E-state index < -0.39 is 21.0 Å². The Balaban J connectivity index is 3.22. The average Bonchev–Trinajstić information content (AvgIpc) is 2.31. The fourth-order valence-electron chi connectivity index (χ4n) is 1.74. The van der Waals surface area contributed by atoms with Crippen LogP contribution in [0.2, 0.25) is 0 Å². The smallest absolute Gasteiger partial charge is 0.273 e. The number of aryl methyl sites for hydroxylation is 1. The number of sulfonamides is 1. The van der Waals surface area contributed by atoms with Gasteiger partial charge >= 0.3 is 0 Å². The third kappa shape index (κ3) is 3.75. The van der Waals surface area contributed by atoms with Crippen LogP contribution in [0, 0.1) is 24.0 Å². The fraction of sp³-hybridized carbons (Fsp3) is 0.500. The van der Waals surface area contributed by atoms with E-state index in [2.05, 4.69) is 4.72 Å². The summed E-state index contributed by atoms with van der Waals surface area (Å²) < 4.78 is 26.7. The van der Waals surface area contributed by atoms with Gasteiger partial charge in [-0.25, -0.2) is 13.1 Å². The first-order valence-corrected chi connectivity index (χ1v) is 7.56. The Morgan fingerprint density at radius 1 is 1.40 bits per heavy atom. The molecule has 7 nitrogen and oxygen atoms in total. The van der Waals surface area contributed by atoms with Crippen molar-refractivity contribution in [2.45, 2.75) is 38.1 Å². The molecule has 1 aromatic carbocycles. The van der Waals surface area contributed by atoms with E-state index in [4.69, 9.17) is 5.11 Å². The van der Waals surface area contributed by atoms with Crippen LogP contribution >= 0.6 is 0 Å². The predicted octanol–water partition coefficient (Wildman–Crippen LogP) is 1.26. The highest BCUT2D eigenvalue weighted by Crippen LogP contribution is 2.25. The van der Waals surface area contributed by atoms with E-state index in [1.54, 1.807) is 20.8 Å². The number of nitro groups is 1. The summed E-state index contributed by atoms with van der Waals surface area (Å²) >= 11 is 0. The lowest BCUT2D eigenvalue weighted by molar-refractivity contribution is -0.385. The lowest BCUT2D eigenvalue weighted by Gasteiger charge is -2.14. The molecule has 0 aliphatic carbocycles. The molecular weight excluding hydrogens is 284 g/mol. The van der Waals surface area contributed by atoms with Gasteiger partial charge in [0.1, 0.15) is 0 Å². The number of rotatable bonds is 6. The van der Waals surface area contributed by atoms with Crippen molar-refractivity contribution in [1.29, 1.82) is 0 Å². The number of nitrogens with one attached hydrogen (secondary N) is 1. The van der Waals surface area contributed by atoms with E-state index in [9.17, 15) is 18.5 Å². The average molecular weight is 302 g/mol. The minimum Gasteiger partial charge on any atom is -0.396 e. The number of aliphatic hydroxyl groups is 1. The topological polar surface area (TPSA) is 110 Å². The quantitative estimate of drug-likeness (QED) is 0.607. The fourth-order valence-corrected chi connectivity index (χ4v) is 3.12. The number of aliphatic hydroxyl groups excluding tert-OH is 1. The standard InChI is InChI=1S/C12H18N2O5S/c1-8-6-11(7-12(10(8)3)14(16)17)20(18,19)13-9(2)4-5-15/h6-7,9,13,15H,4-5H2,1-3H3. The van der Waals surface area contributed by atoms with Gasteiger partial charge in [0.25, 0.3) is 5.69 Å². The van der Waals surface area contributed by atoms with Crippen molar-refractivity contribution >= 4 is 15.7 Å². The van der Waals surface area contributed by atoms with E-state index in [1.807, 2.05) is 0 Å². The van der Waals surface area contributed by atoms with Gasteiger partial charge in [-0.1, -0.05) is 0 Å². The van der Waals surface area contributed by atoms with Gasteiger partial charge in [0, 0.05) is 24.3 Å². The third-order valence-corrected chi connectivity index (χ3v) is 4.61. The zero-order valence-corrected chi connectivity index (χ0v) is 12.4. The van der Waals surface area contributed by atoms with Crippen molar-refractivity contribution in [1.82, 2.24) is 4.72 Å². The molecule has 1 aromatic rings. The number of hydrogen-bond acceptors (Lipinski definition) is 5. The summed E-state index contributed by atoms with van der Waals surface area (Å²) in [6.07, 6.45) is 0.270. The van der Waals surface area contributed by atoms with Crippen molar-refractivity contribution in [2.24, 2.45) is 0 Å². The molecule has 0 saturated carbocycles. The molecule has 8 heteroatoms. The first kappa shape index (κ1) is 16.5. The van der Waals surface area contributed by atoms with Gasteiger partial charge < -0.3 is 5.11 Å². The van der Waals surface area contributed by atoms with Crippen LogP contribution in [0.1, 0.15) is 24.5 Å². The Morgan fingerprint density at radius 3 is 2.50 bits per heavy atom. The molecule has 0 aliphatic rings. The van der Waals surface area contributed by atoms with E-state index in [-0.39, 0.29) is 23.6 Å². The van der Waals surface area contributed by atoms with Crippen LogP contribution in [0.5, 0.6) is 0 Å². The number of hydrogen-bond donors (Lipinski definition) is 2. The molecule has 0 radical (unpaired) electrons. The van der Waals surface area contributed by atoms with Crippen LogP contribution in [-0.4, -0.2) is 31.1 Å². The van der Waals surface area contributed by atoms with Gasteiger partial charge in [-0.15, -0.1) is 0 Å². The minimum absolute atomic E-state index is 0.142. The van der Waals surface area contributed by atoms with E-state index in [1.165, 1.54) is 6.07 Å². The molecule has 1 atom stereocenters. The van der Waals surface area contributed by atoms with Gasteiger partial charge in [0.2, 0.25) is 10.0 Å². The summed E-state index contributed by atoms with van der Waals surface area (Å²) in [7, 11) is -3.84. The molecule has 20 heavy (non-hydrogen) atoms. The molecule has 0 aliphatic heterocycles. The van der Waals surface area contributed by atoms with Crippen LogP contribution in [-0.2, 0) is 10.0 Å². The maximum absolute atomic E-state index is 12.1. The van der Waals surface area contributed by atoms with Gasteiger partial charge in [0.05, 0.1) is 9.82 Å². The minimum atomic E-state index is -3.84. The van der Waals surface area contributed by atoms with Crippen LogP contribution in [0.3, 0.4) is 0 Å². The number of nitro benzene ring substituents is 1. The van der Waals surface area contributed by atoms with Gasteiger partial charge in [-0.05, 0) is 38.8 Å². The van der Waals surface area contributed by atoms with Gasteiger partial charge in [-0.3, -0.25) is 10.1 Å². The lowest BCUT2D eigenvalue weighted by atomic mass is 10.1. The molecule has 0 fully saturated rings. The maximum atomic E-state index is 12.1. The van der Waals surface area contributed by atoms with E-state index in [0.717, 1.165) is 6.07 Å². The summed E-state index contributed by atoms with van der Waals surface area (Å²) in [5, 5.41) is 19.7. The summed E-state index contributed by atoms with van der Waals surface area (Å²) in [4.78, 5) is 10.2. The summed E-state index contributed by atoms with van der Waals surface area (Å²) in [5.41, 5.74) is 0.756. The molecule has 112 valence electrons. The highest BCUT2D eigenvalue weighted by atomic mass is 32.2. The predicted molar refractivity (Wildman–Crippen MR) is 74.1 cm³/mol. The molecule has 2 N–H and O–H groups in total. The maximum Gasteiger partial charge on any atom is 0.273 e. The van der Waals surface area contributed by atoms with E-state index >= 15 is 0 Å². The Labute approximate surface area is 117 Å². The Kier molecular flexibility index (Phi) is 5.21. The van der Waals surface area contributed by atoms with Crippen molar-refractivity contribution in [3.05, 3.63) is 33.4 Å². The Hall–Kier alpha value is -1.51. The van der Waals surface area contributed by atoms with Crippen LogP contribution in [0.4, 0.5) is 5.69 Å². The molecule has 1 rings (SSSR count). The second kappa shape index (κ2) is 6.29. The second-order valence-corrected chi connectivity index (χ2v) is 6.39. The van der Waals surface area contributed by atoms with Crippen molar-refractivity contribution in [3.8, 4) is 0 Å². The normalized spacial score (nSPS) is 13.2. The van der Waals surface area contributed by atoms with Crippen LogP contribution < -0.4 is 4.72 Å². The number of benzene rings is 1. The van der Waals surface area contributed by atoms with Crippen LogP contribution in [0.15, 0.2) is 17.0 Å². The zero-order valence-electron chi connectivity index (χ0n) is 11.6. The molecule has 0 saturated heterocycles. The van der Waals surface area contributed by atoms with Crippen molar-refractivity contribution in [3.63, 3.8) is 0 Å². The monoisotopic (exact) mass is 302 g/mol. The first-order chi connectivity index (χ1) is 9.19. The highest BCUT2D eigenvalue weighted by Gasteiger charge is 2.22. The summed E-state index contributed by atoms with van der Waals surface area (Å²) in [5.74, 6) is 0. The molecule has 0 amide bonds. The molecule has 0 bridgehead atoms. The van der Waals surface area contributed by atoms with Crippen molar-refractivity contribution < 1.29 is 18.4 Å². The summed E-state index contributed by atoms with van der Waals surface area (Å²) in [6.45, 7) is 4.67. The SMILES string of the molecule is Cc1cc(S(=O)(=O)NC(C)CCO)cc([N+](=O)[O-])c1C. The summed E-state index contributed by atoms with van der Waals surface area (Å²) in [6, 6.07) is 2.00. The molecular formula is C12H18N2O5S. The Bertz CT molecular complexity index is 613. The molecule has 0 spiro atoms. The largest absolute Gasteiger partial charge is 0.396 e. The third-order valence-electron chi connectivity index (χ3n) is 3.04. The lowest BCUT2D eigenvalue weighted by Crippen LogP contribution is -2.33. The van der Waals surface area contributed by atoms with E-state index in [0.29, 0.717) is 11.1 Å². The van der Waals surface area contributed by atoms with Crippen LogP contribution in [0.25, 0.3) is 0 Å². The van der Waals surface area contributed by atoms with Gasteiger partial charge in [-0.2, -0.15) is 0 Å².